The van der Waals surface area contributed by atoms with Gasteiger partial charge in [0.25, 0.3) is 10.0 Å². The summed E-state index contributed by atoms with van der Waals surface area (Å²) in [6, 6.07) is 13.9. The second kappa shape index (κ2) is 6.76. The normalized spacial score (nSPS) is 15.3. The van der Waals surface area contributed by atoms with Crippen LogP contribution in [0.3, 0.4) is 0 Å². The predicted molar refractivity (Wildman–Crippen MR) is 104 cm³/mol. The molecule has 1 aliphatic heterocycles. The second-order valence-electron chi connectivity index (χ2n) is 7.54. The van der Waals surface area contributed by atoms with Gasteiger partial charge in [0.15, 0.2) is 0 Å². The fourth-order valence-corrected chi connectivity index (χ4v) is 4.24. The topological polar surface area (TPSA) is 66.5 Å². The Hall–Kier alpha value is -2.34. The van der Waals surface area contributed by atoms with Crippen molar-refractivity contribution in [2.75, 3.05) is 16.2 Å². The molecular weight excluding hydrogens is 348 g/mol. The lowest BCUT2D eigenvalue weighted by atomic mass is 9.86. The molecule has 1 saturated heterocycles. The Morgan fingerprint density at radius 1 is 1.00 bits per heavy atom. The maximum Gasteiger partial charge on any atom is 0.261 e. The summed E-state index contributed by atoms with van der Waals surface area (Å²) in [6.45, 7) is 6.81. The van der Waals surface area contributed by atoms with Crippen LogP contribution >= 0.6 is 0 Å². The first-order chi connectivity index (χ1) is 12.2. The lowest BCUT2D eigenvalue weighted by Crippen LogP contribution is -2.23. The number of hydrogen-bond acceptors (Lipinski definition) is 3. The largest absolute Gasteiger partial charge is 0.312 e. The molecule has 0 radical (unpaired) electrons. The molecular formula is C20H24N2O3S. The van der Waals surface area contributed by atoms with Crippen LogP contribution in [0.5, 0.6) is 0 Å². The number of nitrogens with zero attached hydrogens (tertiary/aromatic N) is 1. The van der Waals surface area contributed by atoms with Gasteiger partial charge in [-0.25, -0.2) is 8.42 Å². The van der Waals surface area contributed by atoms with Crippen LogP contribution in [0.15, 0.2) is 53.4 Å². The molecule has 0 spiro atoms. The van der Waals surface area contributed by atoms with Gasteiger partial charge < -0.3 is 4.90 Å². The minimum absolute atomic E-state index is 0.0813. The number of carbonyl (C=O) groups excluding carboxylic acids is 1. The Balaban J connectivity index is 1.87. The fraction of sp³-hybridized carbons (Fsp3) is 0.350. The minimum Gasteiger partial charge on any atom is -0.312 e. The summed E-state index contributed by atoms with van der Waals surface area (Å²) in [5, 5.41) is 0. The molecule has 5 nitrogen and oxygen atoms in total. The Kier molecular flexibility index (Phi) is 4.80. The third-order valence-corrected chi connectivity index (χ3v) is 5.89. The first-order valence-electron chi connectivity index (χ1n) is 8.71. The molecule has 2 aromatic carbocycles. The van der Waals surface area contributed by atoms with Gasteiger partial charge in [-0.1, -0.05) is 39.0 Å². The number of carbonyl (C=O) groups is 1. The molecule has 2 aromatic rings. The van der Waals surface area contributed by atoms with Crippen LogP contribution in [0.2, 0.25) is 0 Å². The minimum atomic E-state index is -3.70. The van der Waals surface area contributed by atoms with Crippen molar-refractivity contribution in [3.8, 4) is 0 Å². The third kappa shape index (κ3) is 3.75. The summed E-state index contributed by atoms with van der Waals surface area (Å²) in [6.07, 6.45) is 1.38. The number of anilines is 2. The maximum absolute atomic E-state index is 12.8. The van der Waals surface area contributed by atoms with E-state index in [9.17, 15) is 13.2 Å². The summed E-state index contributed by atoms with van der Waals surface area (Å²) in [7, 11) is -3.70. The highest BCUT2D eigenvalue weighted by atomic mass is 32.2. The number of para-hydroxylation sites is 1. The van der Waals surface area contributed by atoms with Crippen molar-refractivity contribution in [1.29, 1.82) is 0 Å². The molecule has 1 N–H and O–H groups in total. The van der Waals surface area contributed by atoms with Crippen molar-refractivity contribution in [3.63, 3.8) is 0 Å². The molecule has 0 unspecified atom stereocenters. The van der Waals surface area contributed by atoms with Crippen molar-refractivity contribution >= 4 is 27.3 Å². The van der Waals surface area contributed by atoms with Crippen LogP contribution < -0.4 is 9.62 Å². The molecule has 6 heteroatoms. The number of benzene rings is 2. The maximum atomic E-state index is 12.8. The van der Waals surface area contributed by atoms with Gasteiger partial charge in [-0.15, -0.1) is 0 Å². The van der Waals surface area contributed by atoms with Crippen LogP contribution in [0.25, 0.3) is 0 Å². The van der Waals surface area contributed by atoms with Gasteiger partial charge in [0, 0.05) is 18.7 Å². The average Bonchev–Trinajstić information content (AvgIpc) is 3.00. The molecule has 1 heterocycles. The van der Waals surface area contributed by atoms with Crippen molar-refractivity contribution < 1.29 is 13.2 Å². The van der Waals surface area contributed by atoms with Gasteiger partial charge in [0.05, 0.1) is 10.6 Å². The van der Waals surface area contributed by atoms with E-state index >= 15 is 0 Å². The first kappa shape index (κ1) is 18.5. The number of amides is 1. The molecule has 0 atom stereocenters. The van der Waals surface area contributed by atoms with Crippen molar-refractivity contribution in [3.05, 3.63) is 54.1 Å². The molecule has 3 rings (SSSR count). The van der Waals surface area contributed by atoms with E-state index in [-0.39, 0.29) is 16.2 Å². The molecule has 1 fully saturated rings. The molecule has 26 heavy (non-hydrogen) atoms. The van der Waals surface area contributed by atoms with E-state index in [0.29, 0.717) is 18.7 Å². The third-order valence-electron chi connectivity index (χ3n) is 4.51. The first-order valence-corrected chi connectivity index (χ1v) is 10.2. The van der Waals surface area contributed by atoms with Gasteiger partial charge >= 0.3 is 0 Å². The molecule has 138 valence electrons. The lowest BCUT2D eigenvalue weighted by Gasteiger charge is -2.23. The second-order valence-corrected chi connectivity index (χ2v) is 9.23. The molecule has 0 saturated carbocycles. The van der Waals surface area contributed by atoms with Gasteiger partial charge in [0.2, 0.25) is 5.91 Å². The molecule has 0 aromatic heterocycles. The highest BCUT2D eigenvalue weighted by Crippen LogP contribution is 2.31. The van der Waals surface area contributed by atoms with Crippen molar-refractivity contribution in [2.45, 2.75) is 43.9 Å². The predicted octanol–water partition coefficient (Wildman–Crippen LogP) is 3.91. The fourth-order valence-electron chi connectivity index (χ4n) is 3.16. The zero-order valence-electron chi connectivity index (χ0n) is 15.3. The standard InChI is InChI=1S/C20H24N2O3S/c1-20(2,3)17-7-4-5-8-18(17)21-26(24,25)16-12-10-15(11-13-16)22-14-6-9-19(22)23/h4-5,7-8,10-13,21H,6,9,14H2,1-3H3. The van der Waals surface area contributed by atoms with Gasteiger partial charge in [0.1, 0.15) is 0 Å². The summed E-state index contributed by atoms with van der Waals surface area (Å²) < 4.78 is 28.3. The van der Waals surface area contributed by atoms with Crippen molar-refractivity contribution in [2.24, 2.45) is 0 Å². The summed E-state index contributed by atoms with van der Waals surface area (Å²) in [5.74, 6) is 0.0813. The van der Waals surface area contributed by atoms with E-state index in [4.69, 9.17) is 0 Å². The molecule has 0 bridgehead atoms. The zero-order chi connectivity index (χ0) is 18.9. The Morgan fingerprint density at radius 3 is 2.23 bits per heavy atom. The van der Waals surface area contributed by atoms with E-state index in [1.54, 1.807) is 35.2 Å². The monoisotopic (exact) mass is 372 g/mol. The lowest BCUT2D eigenvalue weighted by molar-refractivity contribution is -0.117. The molecule has 0 aliphatic carbocycles. The highest BCUT2D eigenvalue weighted by molar-refractivity contribution is 7.92. The van der Waals surface area contributed by atoms with E-state index in [1.807, 2.05) is 39.0 Å². The molecule has 1 aliphatic rings. The van der Waals surface area contributed by atoms with Crippen LogP contribution in [-0.2, 0) is 20.2 Å². The van der Waals surface area contributed by atoms with E-state index in [0.717, 1.165) is 17.7 Å². The van der Waals surface area contributed by atoms with Crippen LogP contribution in [0.4, 0.5) is 11.4 Å². The molecule has 1 amide bonds. The van der Waals surface area contributed by atoms with E-state index < -0.39 is 10.0 Å². The van der Waals surface area contributed by atoms with Crippen LogP contribution in [-0.4, -0.2) is 20.9 Å². The highest BCUT2D eigenvalue weighted by Gasteiger charge is 2.24. The van der Waals surface area contributed by atoms with Crippen LogP contribution in [0.1, 0.15) is 39.2 Å². The van der Waals surface area contributed by atoms with Gasteiger partial charge in [-0.05, 0) is 47.7 Å². The van der Waals surface area contributed by atoms with Gasteiger partial charge in [-0.2, -0.15) is 0 Å². The number of sulfonamides is 1. The van der Waals surface area contributed by atoms with Gasteiger partial charge in [-0.3, -0.25) is 9.52 Å². The number of rotatable bonds is 4. The van der Waals surface area contributed by atoms with Crippen LogP contribution in [0, 0.1) is 0 Å². The van der Waals surface area contributed by atoms with E-state index in [1.165, 1.54) is 0 Å². The average molecular weight is 372 g/mol. The van der Waals surface area contributed by atoms with E-state index in [2.05, 4.69) is 4.72 Å². The zero-order valence-corrected chi connectivity index (χ0v) is 16.1. The smallest absolute Gasteiger partial charge is 0.261 e. The number of nitrogens with one attached hydrogen (secondary N) is 1. The van der Waals surface area contributed by atoms with Crippen molar-refractivity contribution in [1.82, 2.24) is 0 Å². The Bertz CT molecular complexity index is 913. The summed E-state index contributed by atoms with van der Waals surface area (Å²) in [4.78, 5) is 13.7. The summed E-state index contributed by atoms with van der Waals surface area (Å²) in [5.41, 5.74) is 2.07. The SMILES string of the molecule is CC(C)(C)c1ccccc1NS(=O)(=O)c1ccc(N2CCCC2=O)cc1. The Labute approximate surface area is 155 Å². The number of hydrogen-bond donors (Lipinski definition) is 1. The Morgan fingerprint density at radius 2 is 1.65 bits per heavy atom. The quantitative estimate of drug-likeness (QED) is 0.885. The summed E-state index contributed by atoms with van der Waals surface area (Å²) >= 11 is 0.